The van der Waals surface area contributed by atoms with Gasteiger partial charge in [-0.3, -0.25) is 4.98 Å². The molecule has 0 amide bonds. The summed E-state index contributed by atoms with van der Waals surface area (Å²) in [6.07, 6.45) is 0.328. The number of furan rings is 1. The fourth-order valence-electron chi connectivity index (χ4n) is 7.71. The number of imidazole rings is 1. The first kappa shape index (κ1) is 37.4. The van der Waals surface area contributed by atoms with E-state index in [9.17, 15) is 0 Å². The van der Waals surface area contributed by atoms with Crippen molar-refractivity contribution in [3.8, 4) is 39.5 Å². The second-order valence-electron chi connectivity index (χ2n) is 18.0. The van der Waals surface area contributed by atoms with Crippen LogP contribution in [-0.2, 0) is 31.9 Å². The molecule has 9 aromatic rings. The van der Waals surface area contributed by atoms with Gasteiger partial charge in [-0.2, -0.15) is 0 Å². The number of aromatic nitrogens is 3. The summed E-state index contributed by atoms with van der Waals surface area (Å²) in [6, 6.07) is 49.2. The molecule has 0 fully saturated rings. The van der Waals surface area contributed by atoms with E-state index in [0.717, 1.165) is 55.2 Å². The number of rotatable bonds is 7. The Hall–Kier alpha value is -5.39. The minimum Gasteiger partial charge on any atom is -0.501 e. The van der Waals surface area contributed by atoms with Crippen molar-refractivity contribution in [2.45, 2.75) is 79.8 Å². The van der Waals surface area contributed by atoms with Crippen LogP contribution in [0.2, 0.25) is 19.6 Å². The van der Waals surface area contributed by atoms with Crippen LogP contribution in [0.4, 0.5) is 0 Å². The Bertz CT molecular complexity index is 3180. The maximum atomic E-state index is 8.59. The largest absolute Gasteiger partial charge is 0.501 e. The van der Waals surface area contributed by atoms with Gasteiger partial charge in [0.1, 0.15) is 5.58 Å². The zero-order chi connectivity index (χ0) is 46.6. The first-order valence-electron chi connectivity index (χ1n) is 23.2. The Labute approximate surface area is 383 Å². The Balaban J connectivity index is 0.000000211. The Kier molecular flexibility index (Phi) is 10.7. The second kappa shape index (κ2) is 17.5. The minimum atomic E-state index is -2.16. The van der Waals surface area contributed by atoms with Crippen molar-refractivity contribution in [1.29, 1.82) is 0 Å². The number of hydrogen-bond donors (Lipinski definition) is 0. The molecule has 0 N–H and O–H groups in total. The molecule has 3 aromatic heterocycles. The van der Waals surface area contributed by atoms with Crippen LogP contribution in [0.25, 0.3) is 72.4 Å². The summed E-state index contributed by atoms with van der Waals surface area (Å²) in [6.45, 7) is 17.0. The van der Waals surface area contributed by atoms with Crippen LogP contribution in [0.1, 0.15) is 63.7 Å². The van der Waals surface area contributed by atoms with Gasteiger partial charge in [-0.1, -0.05) is 144 Å². The molecule has 311 valence electrons. The summed E-state index contributed by atoms with van der Waals surface area (Å²) < 4.78 is 48.3. The SMILES string of the molecule is Cc1ccc2c(c1)oc1c(-c3nc4ccccc4n3-c3ccc(C(C)(C)C)cc3-c3ccccc3)[c-]ccc12.[2H]C([2H])([2H])c1c[c-]c(-c2cc(C([2H])([2H])C(C)C)c([Si](C)(C)C)cn2)cc1.[Ir]. The van der Waals surface area contributed by atoms with Crippen LogP contribution in [0.3, 0.4) is 0 Å². The molecule has 0 aliphatic carbocycles. The van der Waals surface area contributed by atoms with Gasteiger partial charge in [-0.15, -0.1) is 53.6 Å². The third kappa shape index (κ3) is 9.14. The Morgan fingerprint density at radius 2 is 1.59 bits per heavy atom. The van der Waals surface area contributed by atoms with Gasteiger partial charge in [0.05, 0.1) is 30.5 Å². The number of aryl methyl sites for hydroxylation is 2. The molecular formula is C55H55IrN3OSi-2. The number of fused-ring (bicyclic) bond motifs is 4. The molecule has 6 heteroatoms. The van der Waals surface area contributed by atoms with Crippen molar-refractivity contribution in [3.05, 3.63) is 168 Å². The molecule has 9 rings (SSSR count). The smallest absolute Gasteiger partial charge is 0.121 e. The molecular weight excluding hydrogens is 939 g/mol. The molecule has 6 aromatic carbocycles. The van der Waals surface area contributed by atoms with Crippen LogP contribution >= 0.6 is 0 Å². The molecule has 0 saturated carbocycles. The van der Waals surface area contributed by atoms with Gasteiger partial charge in [0, 0.05) is 49.8 Å². The minimum absolute atomic E-state index is 0. The molecule has 4 nitrogen and oxygen atoms in total. The van der Waals surface area contributed by atoms with Crippen LogP contribution in [-0.4, -0.2) is 22.6 Å². The summed E-state index contributed by atoms with van der Waals surface area (Å²) in [5, 5.41) is 3.19. The standard InChI is InChI=1S/C36H29N2O.C19H26NSi.Ir/c1-23-17-19-26-27-13-10-14-28(34(27)39-33(26)21-23)35-37-30-15-8-9-16-32(30)38(35)31-20-18-25(36(2,3)4)22-29(31)24-11-6-5-7-12-24;1-14(2)11-17-12-18(16-9-7-15(3)8-10-16)20-13-19(17)21(4,5)6;/h5-13,15-22H,1-4H3;7-9,12-14H,11H2,1-6H3;/q2*-1;/i;3D3,11D2;. The maximum Gasteiger partial charge on any atom is 0.121 e. The molecule has 0 aliphatic heterocycles. The van der Waals surface area contributed by atoms with E-state index in [-0.39, 0.29) is 37.0 Å². The van der Waals surface area contributed by atoms with Crippen LogP contribution in [0, 0.1) is 31.8 Å². The van der Waals surface area contributed by atoms with Crippen LogP contribution < -0.4 is 5.19 Å². The van der Waals surface area contributed by atoms with Crippen molar-refractivity contribution in [1.82, 2.24) is 14.5 Å². The van der Waals surface area contributed by atoms with Crippen molar-refractivity contribution in [2.75, 3.05) is 0 Å². The number of hydrogen-bond acceptors (Lipinski definition) is 3. The van der Waals surface area contributed by atoms with Gasteiger partial charge in [0.15, 0.2) is 0 Å². The average Bonchev–Trinajstić information content (AvgIpc) is 3.84. The molecule has 61 heavy (non-hydrogen) atoms. The molecule has 0 bridgehead atoms. The predicted octanol–water partition coefficient (Wildman–Crippen LogP) is 14.3. The summed E-state index contributed by atoms with van der Waals surface area (Å²) in [5.41, 5.74) is 12.6. The molecule has 0 aliphatic rings. The summed E-state index contributed by atoms with van der Waals surface area (Å²) in [7, 11) is -1.78. The van der Waals surface area contributed by atoms with Gasteiger partial charge in [-0.25, -0.2) is 0 Å². The van der Waals surface area contributed by atoms with Crippen molar-refractivity contribution in [3.63, 3.8) is 0 Å². The van der Waals surface area contributed by atoms with Gasteiger partial charge < -0.3 is 14.0 Å². The van der Waals surface area contributed by atoms with E-state index in [1.807, 2.05) is 32.0 Å². The van der Waals surface area contributed by atoms with E-state index >= 15 is 0 Å². The number of pyridine rings is 1. The molecule has 0 saturated heterocycles. The van der Waals surface area contributed by atoms with Crippen LogP contribution in [0.5, 0.6) is 0 Å². The number of benzene rings is 6. The average molecular weight is 999 g/mol. The molecule has 1 radical (unpaired) electrons. The number of para-hydroxylation sites is 2. The van der Waals surface area contributed by atoms with Gasteiger partial charge in [0.25, 0.3) is 0 Å². The van der Waals surface area contributed by atoms with E-state index in [0.29, 0.717) is 16.8 Å². The summed E-state index contributed by atoms with van der Waals surface area (Å²) in [5.74, 6) is 0.646. The Morgan fingerprint density at radius 1 is 0.836 bits per heavy atom. The fourth-order valence-corrected chi connectivity index (χ4v) is 9.12. The zero-order valence-electron chi connectivity index (χ0n) is 41.4. The third-order valence-electron chi connectivity index (χ3n) is 10.8. The van der Waals surface area contributed by atoms with E-state index in [1.165, 1.54) is 28.3 Å². The predicted molar refractivity (Wildman–Crippen MR) is 256 cm³/mol. The molecule has 0 unspecified atom stereocenters. The van der Waals surface area contributed by atoms with Gasteiger partial charge in [0.2, 0.25) is 0 Å². The molecule has 0 spiro atoms. The van der Waals surface area contributed by atoms with Crippen LogP contribution in [0.15, 0.2) is 138 Å². The van der Waals surface area contributed by atoms with E-state index in [4.69, 9.17) is 16.3 Å². The van der Waals surface area contributed by atoms with E-state index < -0.39 is 21.3 Å². The van der Waals surface area contributed by atoms with Crippen molar-refractivity contribution in [2.24, 2.45) is 5.92 Å². The summed E-state index contributed by atoms with van der Waals surface area (Å²) >= 11 is 0. The fraction of sp³-hybridized carbons (Fsp3) is 0.236. The molecule has 3 heterocycles. The monoisotopic (exact) mass is 999 g/mol. The first-order chi connectivity index (χ1) is 30.6. The van der Waals surface area contributed by atoms with E-state index in [1.54, 1.807) is 18.3 Å². The van der Waals surface area contributed by atoms with Crippen molar-refractivity contribution >= 4 is 46.2 Å². The summed E-state index contributed by atoms with van der Waals surface area (Å²) in [4.78, 5) is 9.71. The Morgan fingerprint density at radius 3 is 2.30 bits per heavy atom. The quantitative estimate of drug-likeness (QED) is 0.118. The third-order valence-corrected chi connectivity index (χ3v) is 12.8. The first-order valence-corrected chi connectivity index (χ1v) is 24.2. The molecule has 0 atom stereocenters. The normalized spacial score (nSPS) is 13.5. The van der Waals surface area contributed by atoms with Gasteiger partial charge in [-0.05, 0) is 82.5 Å². The number of nitrogens with zero attached hydrogens (tertiary/aromatic N) is 3. The second-order valence-corrected chi connectivity index (χ2v) is 23.0. The van der Waals surface area contributed by atoms with Gasteiger partial charge >= 0.3 is 0 Å². The van der Waals surface area contributed by atoms with E-state index in [2.05, 4.69) is 160 Å². The zero-order valence-corrected chi connectivity index (χ0v) is 39.8. The van der Waals surface area contributed by atoms with Crippen molar-refractivity contribution < 1.29 is 31.4 Å². The maximum absolute atomic E-state index is 8.59. The topological polar surface area (TPSA) is 43.9 Å².